The summed E-state index contributed by atoms with van der Waals surface area (Å²) in [5.41, 5.74) is 1.01. The Morgan fingerprint density at radius 1 is 1.17 bits per heavy atom. The molecule has 0 bridgehead atoms. The van der Waals surface area contributed by atoms with Crippen LogP contribution in [0.4, 0.5) is 0 Å². The Labute approximate surface area is 138 Å². The molecule has 0 aliphatic rings. The maximum Gasteiger partial charge on any atom is 0.342 e. The van der Waals surface area contributed by atoms with Crippen molar-refractivity contribution in [1.29, 1.82) is 0 Å². The third kappa shape index (κ3) is 4.02. The summed E-state index contributed by atoms with van der Waals surface area (Å²) in [5, 5.41) is 10.0. The van der Waals surface area contributed by atoms with Gasteiger partial charge in [-0.2, -0.15) is 0 Å². The van der Waals surface area contributed by atoms with Gasteiger partial charge in [-0.05, 0) is 43.3 Å². The monoisotopic (exact) mass is 334 g/mol. The van der Waals surface area contributed by atoms with Gasteiger partial charge in [-0.1, -0.05) is 11.6 Å². The molecule has 0 aliphatic carbocycles. The normalized spacial score (nSPS) is 10.2. The fourth-order valence-corrected chi connectivity index (χ4v) is 2.18. The quantitative estimate of drug-likeness (QED) is 0.668. The molecule has 2 rings (SSSR count). The van der Waals surface area contributed by atoms with E-state index in [1.807, 2.05) is 0 Å². The molecule has 0 aromatic heterocycles. The fraction of sp³-hybridized carbons (Fsp3) is 0.176. The van der Waals surface area contributed by atoms with Crippen LogP contribution in [0.1, 0.15) is 33.2 Å². The zero-order valence-electron chi connectivity index (χ0n) is 12.6. The number of ether oxygens (including phenoxy) is 2. The summed E-state index contributed by atoms with van der Waals surface area (Å²) in [6.07, 6.45) is 0. The van der Waals surface area contributed by atoms with E-state index in [-0.39, 0.29) is 23.7 Å². The number of carbonyl (C=O) groups is 2. The summed E-state index contributed by atoms with van der Waals surface area (Å²) in [7, 11) is 1.48. The molecule has 0 unspecified atom stereocenters. The highest BCUT2D eigenvalue weighted by atomic mass is 35.5. The number of hydrogen-bond donors (Lipinski definition) is 1. The molecule has 0 spiro atoms. The number of hydrogen-bond acceptors (Lipinski definition) is 5. The number of esters is 1. The zero-order chi connectivity index (χ0) is 17.0. The van der Waals surface area contributed by atoms with Crippen molar-refractivity contribution in [3.63, 3.8) is 0 Å². The second-order valence-electron chi connectivity index (χ2n) is 4.82. The summed E-state index contributed by atoms with van der Waals surface area (Å²) in [5.74, 6) is -0.546. The number of rotatable bonds is 5. The van der Waals surface area contributed by atoms with E-state index in [4.69, 9.17) is 21.1 Å². The van der Waals surface area contributed by atoms with Crippen LogP contribution >= 0.6 is 11.6 Å². The number of phenolic OH excluding ortho intramolecular Hbond substituents is 1. The molecule has 0 radical (unpaired) electrons. The second kappa shape index (κ2) is 7.15. The summed E-state index contributed by atoms with van der Waals surface area (Å²) in [6.45, 7) is 1.34. The van der Waals surface area contributed by atoms with Crippen molar-refractivity contribution in [1.82, 2.24) is 0 Å². The summed E-state index contributed by atoms with van der Waals surface area (Å²) in [6, 6.07) is 8.98. The van der Waals surface area contributed by atoms with Crippen LogP contribution in [0.5, 0.6) is 11.5 Å². The Bertz CT molecular complexity index is 755. The standard InChI is InChI=1S/C17H15ClO5/c1-10(19)11-3-6-16(22-2)12(7-11)9-23-17(21)14-8-13(18)4-5-15(14)20/h3-8,20H,9H2,1-2H3. The predicted molar refractivity (Wildman–Crippen MR) is 85.2 cm³/mol. The summed E-state index contributed by atoms with van der Waals surface area (Å²) < 4.78 is 10.4. The van der Waals surface area contributed by atoms with Crippen LogP contribution in [0.15, 0.2) is 36.4 Å². The summed E-state index contributed by atoms with van der Waals surface area (Å²) >= 11 is 5.80. The van der Waals surface area contributed by atoms with Crippen LogP contribution < -0.4 is 4.74 Å². The molecule has 2 aromatic carbocycles. The van der Waals surface area contributed by atoms with Gasteiger partial charge in [0.05, 0.1) is 7.11 Å². The summed E-state index contributed by atoms with van der Waals surface area (Å²) in [4.78, 5) is 23.5. The van der Waals surface area contributed by atoms with Crippen molar-refractivity contribution in [2.75, 3.05) is 7.11 Å². The highest BCUT2D eigenvalue weighted by Crippen LogP contribution is 2.25. The van der Waals surface area contributed by atoms with Crippen LogP contribution in [0.2, 0.25) is 5.02 Å². The predicted octanol–water partition coefficient (Wildman–Crippen LogP) is 3.61. The van der Waals surface area contributed by atoms with Crippen molar-refractivity contribution in [3.8, 4) is 11.5 Å². The Balaban J connectivity index is 2.19. The lowest BCUT2D eigenvalue weighted by molar-refractivity contribution is 0.0467. The molecule has 2 aromatic rings. The molecule has 5 nitrogen and oxygen atoms in total. The largest absolute Gasteiger partial charge is 0.507 e. The fourth-order valence-electron chi connectivity index (χ4n) is 2.00. The van der Waals surface area contributed by atoms with E-state index in [1.54, 1.807) is 18.2 Å². The first-order valence-corrected chi connectivity index (χ1v) is 7.13. The average molecular weight is 335 g/mol. The lowest BCUT2D eigenvalue weighted by atomic mass is 10.1. The molecule has 0 atom stereocenters. The maximum absolute atomic E-state index is 12.1. The first kappa shape index (κ1) is 16.8. The topological polar surface area (TPSA) is 72.8 Å². The third-order valence-electron chi connectivity index (χ3n) is 3.22. The number of aromatic hydroxyl groups is 1. The van der Waals surface area contributed by atoms with E-state index in [9.17, 15) is 14.7 Å². The van der Waals surface area contributed by atoms with Gasteiger partial charge in [-0.15, -0.1) is 0 Å². The van der Waals surface area contributed by atoms with E-state index in [2.05, 4.69) is 0 Å². The van der Waals surface area contributed by atoms with Crippen LogP contribution in [-0.4, -0.2) is 24.0 Å². The van der Waals surface area contributed by atoms with Crippen molar-refractivity contribution in [2.45, 2.75) is 13.5 Å². The van der Waals surface area contributed by atoms with Crippen LogP contribution in [0, 0.1) is 0 Å². The Morgan fingerprint density at radius 2 is 1.91 bits per heavy atom. The van der Waals surface area contributed by atoms with Gasteiger partial charge in [0.1, 0.15) is 23.7 Å². The first-order chi connectivity index (χ1) is 10.9. The number of benzene rings is 2. The van der Waals surface area contributed by atoms with Crippen LogP contribution in [0.25, 0.3) is 0 Å². The van der Waals surface area contributed by atoms with E-state index >= 15 is 0 Å². The van der Waals surface area contributed by atoms with E-state index in [0.717, 1.165) is 0 Å². The number of halogens is 1. The minimum Gasteiger partial charge on any atom is -0.507 e. The van der Waals surface area contributed by atoms with Crippen molar-refractivity contribution in [3.05, 3.63) is 58.1 Å². The van der Waals surface area contributed by atoms with Crippen molar-refractivity contribution >= 4 is 23.4 Å². The van der Waals surface area contributed by atoms with Gasteiger partial charge >= 0.3 is 5.97 Å². The maximum atomic E-state index is 12.1. The van der Waals surface area contributed by atoms with E-state index in [1.165, 1.54) is 32.2 Å². The van der Waals surface area contributed by atoms with Gasteiger partial charge in [-0.25, -0.2) is 4.79 Å². The molecule has 0 saturated carbocycles. The molecule has 0 amide bonds. The first-order valence-electron chi connectivity index (χ1n) is 6.76. The Kier molecular flexibility index (Phi) is 5.24. The SMILES string of the molecule is COc1ccc(C(C)=O)cc1COC(=O)c1cc(Cl)ccc1O. The second-order valence-corrected chi connectivity index (χ2v) is 5.26. The highest BCUT2D eigenvalue weighted by Gasteiger charge is 2.15. The average Bonchev–Trinajstić information content (AvgIpc) is 2.54. The Morgan fingerprint density at radius 3 is 2.57 bits per heavy atom. The molecule has 0 heterocycles. The van der Waals surface area contributed by atoms with Gasteiger partial charge in [0.15, 0.2) is 5.78 Å². The van der Waals surface area contributed by atoms with E-state index < -0.39 is 5.97 Å². The Hall–Kier alpha value is -2.53. The molecule has 23 heavy (non-hydrogen) atoms. The van der Waals surface area contributed by atoms with Gasteiger partial charge in [-0.3, -0.25) is 4.79 Å². The molecule has 0 aliphatic heterocycles. The highest BCUT2D eigenvalue weighted by molar-refractivity contribution is 6.31. The van der Waals surface area contributed by atoms with Gasteiger partial charge in [0.25, 0.3) is 0 Å². The molecule has 0 saturated heterocycles. The molecular formula is C17H15ClO5. The number of carbonyl (C=O) groups excluding carboxylic acids is 2. The van der Waals surface area contributed by atoms with E-state index in [0.29, 0.717) is 21.9 Å². The van der Waals surface area contributed by atoms with Crippen molar-refractivity contribution < 1.29 is 24.2 Å². The van der Waals surface area contributed by atoms with Gasteiger partial charge in [0.2, 0.25) is 0 Å². The zero-order valence-corrected chi connectivity index (χ0v) is 13.4. The van der Waals surface area contributed by atoms with Gasteiger partial charge < -0.3 is 14.6 Å². The molecular weight excluding hydrogens is 320 g/mol. The molecule has 1 N–H and O–H groups in total. The molecule has 6 heteroatoms. The smallest absolute Gasteiger partial charge is 0.342 e. The lowest BCUT2D eigenvalue weighted by Gasteiger charge is -2.11. The number of Topliss-reactive ketones (excluding diaryl/α,β-unsaturated/α-hetero) is 1. The van der Waals surface area contributed by atoms with Gasteiger partial charge in [0, 0.05) is 16.1 Å². The lowest BCUT2D eigenvalue weighted by Crippen LogP contribution is -2.07. The molecule has 0 fully saturated rings. The number of ketones is 1. The third-order valence-corrected chi connectivity index (χ3v) is 3.46. The number of methoxy groups -OCH3 is 1. The van der Waals surface area contributed by atoms with Crippen LogP contribution in [0.3, 0.4) is 0 Å². The van der Waals surface area contributed by atoms with Crippen LogP contribution in [-0.2, 0) is 11.3 Å². The minimum atomic E-state index is -0.722. The molecule has 120 valence electrons. The van der Waals surface area contributed by atoms with Crippen molar-refractivity contribution in [2.24, 2.45) is 0 Å². The number of phenols is 1. The minimum absolute atomic E-state index is 0.0285.